The summed E-state index contributed by atoms with van der Waals surface area (Å²) in [5, 5.41) is 0.396. The summed E-state index contributed by atoms with van der Waals surface area (Å²) in [4.78, 5) is 0. The van der Waals surface area contributed by atoms with Crippen LogP contribution >= 0.6 is 29.1 Å². The molecule has 4 aliphatic rings. The maximum Gasteiger partial charge on any atom is 0.0917 e. The maximum absolute atomic E-state index is 6.23. The minimum Gasteiger partial charge on any atom is -0.0775 e. The SMILES string of the molecule is ClP(Cl)C12CC3CC(CC(C3)C1)C2. The van der Waals surface area contributed by atoms with Crippen LogP contribution in [0.5, 0.6) is 0 Å². The summed E-state index contributed by atoms with van der Waals surface area (Å²) in [6.07, 6.45) is 8.48. The molecule has 0 unspecified atom stereocenters. The van der Waals surface area contributed by atoms with Gasteiger partial charge in [0.15, 0.2) is 0 Å². The average molecular weight is 237 g/mol. The van der Waals surface area contributed by atoms with Crippen molar-refractivity contribution >= 4 is 29.1 Å². The molecule has 0 saturated heterocycles. The van der Waals surface area contributed by atoms with Gasteiger partial charge in [0.05, 0.1) is 6.63 Å². The van der Waals surface area contributed by atoms with Gasteiger partial charge >= 0.3 is 0 Å². The van der Waals surface area contributed by atoms with Gasteiger partial charge in [-0.2, -0.15) is 0 Å². The number of halogens is 2. The Bertz CT molecular complexity index is 192. The van der Waals surface area contributed by atoms with E-state index < -0.39 is 6.63 Å². The molecule has 0 aromatic rings. The first-order chi connectivity index (χ1) is 6.18. The van der Waals surface area contributed by atoms with Crippen molar-refractivity contribution in [3.63, 3.8) is 0 Å². The Morgan fingerprint density at radius 1 is 0.846 bits per heavy atom. The molecule has 0 radical (unpaired) electrons. The fourth-order valence-corrected chi connectivity index (χ4v) is 6.70. The molecule has 13 heavy (non-hydrogen) atoms. The molecule has 0 nitrogen and oxygen atoms in total. The zero-order valence-corrected chi connectivity index (χ0v) is 10.1. The second kappa shape index (κ2) is 3.00. The van der Waals surface area contributed by atoms with Crippen LogP contribution in [0, 0.1) is 17.8 Å². The summed E-state index contributed by atoms with van der Waals surface area (Å²) < 4.78 is 0. The summed E-state index contributed by atoms with van der Waals surface area (Å²) in [5.41, 5.74) is 0. The molecule has 0 aliphatic heterocycles. The van der Waals surface area contributed by atoms with Crippen molar-refractivity contribution in [3.8, 4) is 0 Å². The van der Waals surface area contributed by atoms with Gasteiger partial charge in [-0.25, -0.2) is 0 Å². The van der Waals surface area contributed by atoms with Gasteiger partial charge in [-0.3, -0.25) is 0 Å². The van der Waals surface area contributed by atoms with E-state index in [-0.39, 0.29) is 0 Å². The second-order valence-corrected chi connectivity index (χ2v) is 9.34. The Hall–Kier alpha value is 1.01. The van der Waals surface area contributed by atoms with Crippen LogP contribution in [0.3, 0.4) is 0 Å². The van der Waals surface area contributed by atoms with E-state index in [0.717, 1.165) is 17.8 Å². The number of rotatable bonds is 1. The van der Waals surface area contributed by atoms with Gasteiger partial charge in [-0.1, -0.05) is 22.5 Å². The Morgan fingerprint density at radius 2 is 1.23 bits per heavy atom. The van der Waals surface area contributed by atoms with Gasteiger partial charge in [0.1, 0.15) is 0 Å². The van der Waals surface area contributed by atoms with Gasteiger partial charge < -0.3 is 0 Å². The number of hydrogen-bond donors (Lipinski definition) is 0. The molecular weight excluding hydrogens is 222 g/mol. The lowest BCUT2D eigenvalue weighted by Crippen LogP contribution is -2.48. The monoisotopic (exact) mass is 236 g/mol. The van der Waals surface area contributed by atoms with Crippen molar-refractivity contribution in [1.29, 1.82) is 0 Å². The molecule has 0 atom stereocenters. The van der Waals surface area contributed by atoms with Gasteiger partial charge in [0, 0.05) is 5.16 Å². The molecule has 3 heteroatoms. The van der Waals surface area contributed by atoms with E-state index in [2.05, 4.69) is 0 Å². The average Bonchev–Trinajstić information content (AvgIpc) is 2.00. The summed E-state index contributed by atoms with van der Waals surface area (Å²) in [7, 11) is 0. The molecule has 4 saturated carbocycles. The van der Waals surface area contributed by atoms with E-state index in [1.54, 1.807) is 0 Å². The second-order valence-electron chi connectivity index (χ2n) is 5.37. The van der Waals surface area contributed by atoms with E-state index in [0.29, 0.717) is 5.16 Å². The fourth-order valence-electron chi connectivity index (χ4n) is 4.27. The number of hydrogen-bond acceptors (Lipinski definition) is 0. The quantitative estimate of drug-likeness (QED) is 0.577. The molecule has 0 aromatic carbocycles. The minimum atomic E-state index is -0.730. The van der Waals surface area contributed by atoms with Crippen LogP contribution in [0.1, 0.15) is 38.5 Å². The van der Waals surface area contributed by atoms with Crippen LogP contribution in [-0.2, 0) is 0 Å². The van der Waals surface area contributed by atoms with Crippen molar-refractivity contribution in [3.05, 3.63) is 0 Å². The van der Waals surface area contributed by atoms with Crippen LogP contribution in [0.25, 0.3) is 0 Å². The van der Waals surface area contributed by atoms with Crippen molar-refractivity contribution in [1.82, 2.24) is 0 Å². The molecular formula is C10H15Cl2P. The lowest BCUT2D eigenvalue weighted by molar-refractivity contribution is 0.0370. The normalized spacial score (nSPS) is 53.3. The van der Waals surface area contributed by atoms with E-state index in [4.69, 9.17) is 22.5 Å². The predicted molar refractivity (Wildman–Crippen MR) is 59.5 cm³/mol. The smallest absolute Gasteiger partial charge is 0.0775 e. The molecule has 0 aromatic heterocycles. The third-order valence-corrected chi connectivity index (χ3v) is 7.78. The van der Waals surface area contributed by atoms with Gasteiger partial charge in [-0.15, -0.1) is 0 Å². The first kappa shape index (κ1) is 9.25. The zero-order valence-electron chi connectivity index (χ0n) is 7.68. The van der Waals surface area contributed by atoms with Gasteiger partial charge in [0.25, 0.3) is 0 Å². The first-order valence-electron chi connectivity index (χ1n) is 5.30. The predicted octanol–water partition coefficient (Wildman–Crippen LogP) is 4.74. The van der Waals surface area contributed by atoms with E-state index in [9.17, 15) is 0 Å². The first-order valence-corrected chi connectivity index (χ1v) is 8.45. The lowest BCUT2D eigenvalue weighted by Gasteiger charge is -2.57. The van der Waals surface area contributed by atoms with Crippen LogP contribution in [0.15, 0.2) is 0 Å². The van der Waals surface area contributed by atoms with Crippen molar-refractivity contribution in [2.75, 3.05) is 0 Å². The molecule has 0 N–H and O–H groups in total. The van der Waals surface area contributed by atoms with E-state index >= 15 is 0 Å². The van der Waals surface area contributed by atoms with Gasteiger partial charge in [-0.05, 0) is 56.3 Å². The summed E-state index contributed by atoms with van der Waals surface area (Å²) in [6.45, 7) is -0.730. The summed E-state index contributed by atoms with van der Waals surface area (Å²) in [5.74, 6) is 2.94. The highest BCUT2D eigenvalue weighted by atomic mass is 35.9. The third kappa shape index (κ3) is 1.36. The highest BCUT2D eigenvalue weighted by Crippen LogP contribution is 2.72. The lowest BCUT2D eigenvalue weighted by atomic mass is 9.56. The Balaban J connectivity index is 1.91. The Kier molecular flexibility index (Phi) is 2.14. The molecule has 4 rings (SSSR count). The largest absolute Gasteiger partial charge is 0.0917 e. The minimum absolute atomic E-state index is 0.396. The Morgan fingerprint density at radius 3 is 1.54 bits per heavy atom. The van der Waals surface area contributed by atoms with Crippen LogP contribution in [0.4, 0.5) is 0 Å². The molecule has 4 fully saturated rings. The topological polar surface area (TPSA) is 0 Å². The van der Waals surface area contributed by atoms with E-state index in [1.165, 1.54) is 38.5 Å². The highest BCUT2D eigenvalue weighted by molar-refractivity contribution is 8.04. The third-order valence-electron chi connectivity index (χ3n) is 4.36. The van der Waals surface area contributed by atoms with Gasteiger partial charge in [0.2, 0.25) is 0 Å². The maximum atomic E-state index is 6.23. The highest BCUT2D eigenvalue weighted by Gasteiger charge is 2.53. The molecule has 4 aliphatic carbocycles. The molecule has 0 amide bonds. The molecule has 0 heterocycles. The van der Waals surface area contributed by atoms with Crippen molar-refractivity contribution < 1.29 is 0 Å². The fraction of sp³-hybridized carbons (Fsp3) is 1.00. The Labute approximate surface area is 90.7 Å². The van der Waals surface area contributed by atoms with E-state index in [1.807, 2.05) is 0 Å². The summed E-state index contributed by atoms with van der Waals surface area (Å²) in [6, 6.07) is 0. The van der Waals surface area contributed by atoms with Crippen molar-refractivity contribution in [2.45, 2.75) is 43.7 Å². The van der Waals surface area contributed by atoms with Crippen molar-refractivity contribution in [2.24, 2.45) is 17.8 Å². The van der Waals surface area contributed by atoms with Crippen LogP contribution < -0.4 is 0 Å². The molecule has 4 bridgehead atoms. The standard InChI is InChI=1S/C10H15Cl2P/c11-13(12)10-4-7-1-8(5-10)3-9(2-7)6-10/h7-9H,1-6H2. The molecule has 74 valence electrons. The van der Waals surface area contributed by atoms with Crippen LogP contribution in [-0.4, -0.2) is 5.16 Å². The summed E-state index contributed by atoms with van der Waals surface area (Å²) >= 11 is 12.5. The zero-order chi connectivity index (χ0) is 9.05. The molecule has 0 spiro atoms. The van der Waals surface area contributed by atoms with Crippen LogP contribution in [0.2, 0.25) is 0 Å².